The zero-order valence-electron chi connectivity index (χ0n) is 13.5. The summed E-state index contributed by atoms with van der Waals surface area (Å²) >= 11 is 0. The lowest BCUT2D eigenvalue weighted by atomic mass is 9.90. The third-order valence-electron chi connectivity index (χ3n) is 4.53. The Morgan fingerprint density at radius 3 is 2.65 bits per heavy atom. The Morgan fingerprint density at radius 2 is 1.87 bits per heavy atom. The average molecular weight is 311 g/mol. The van der Waals surface area contributed by atoms with E-state index in [1.165, 1.54) is 11.1 Å². The van der Waals surface area contributed by atoms with Gasteiger partial charge in [-0.25, -0.2) is 5.43 Å². The van der Waals surface area contributed by atoms with Gasteiger partial charge in [-0.15, -0.1) is 0 Å². The van der Waals surface area contributed by atoms with Crippen molar-refractivity contribution >= 4 is 0 Å². The first-order valence-corrected chi connectivity index (χ1v) is 8.25. The van der Waals surface area contributed by atoms with Crippen molar-refractivity contribution in [3.8, 4) is 5.75 Å². The van der Waals surface area contributed by atoms with Crippen LogP contribution in [-0.4, -0.2) is 19.2 Å². The summed E-state index contributed by atoms with van der Waals surface area (Å²) in [6.07, 6.45) is 0.913. The monoisotopic (exact) mass is 311 g/mol. The molecule has 3 atom stereocenters. The van der Waals surface area contributed by atoms with Crippen LogP contribution in [0.4, 0.5) is 0 Å². The normalized spacial score (nSPS) is 23.8. The van der Waals surface area contributed by atoms with Gasteiger partial charge in [0.25, 0.3) is 0 Å². The molecular weight excluding hydrogens is 286 g/mol. The van der Waals surface area contributed by atoms with Crippen molar-refractivity contribution in [3.05, 3.63) is 65.7 Å². The molecule has 0 saturated carbocycles. The third kappa shape index (κ3) is 3.91. The molecule has 4 nitrogen and oxygen atoms in total. The first kappa shape index (κ1) is 16.0. The molecular formula is C19H25N3O. The van der Waals surface area contributed by atoms with E-state index in [0.717, 1.165) is 12.2 Å². The molecule has 3 unspecified atom stereocenters. The Kier molecular flexibility index (Phi) is 5.28. The van der Waals surface area contributed by atoms with E-state index >= 15 is 0 Å². The number of nitrogens with one attached hydrogen (secondary N) is 2. The highest BCUT2D eigenvalue weighted by Crippen LogP contribution is 2.29. The molecule has 3 rings (SSSR count). The fraction of sp³-hybridized carbons (Fsp3) is 0.368. The van der Waals surface area contributed by atoms with E-state index in [4.69, 9.17) is 10.5 Å². The Bertz CT molecular complexity index is 617. The predicted molar refractivity (Wildman–Crippen MR) is 93.1 cm³/mol. The van der Waals surface area contributed by atoms with E-state index in [0.29, 0.717) is 25.1 Å². The summed E-state index contributed by atoms with van der Waals surface area (Å²) in [5, 5.41) is 0. The lowest BCUT2D eigenvalue weighted by molar-refractivity contribution is 0.321. The van der Waals surface area contributed by atoms with Gasteiger partial charge in [-0.3, -0.25) is 5.43 Å². The van der Waals surface area contributed by atoms with Crippen LogP contribution in [0, 0.1) is 5.92 Å². The largest absolute Gasteiger partial charge is 0.493 e. The molecule has 0 bridgehead atoms. The number of hydrogen-bond acceptors (Lipinski definition) is 4. The number of benzene rings is 2. The maximum atomic E-state index is 5.93. The van der Waals surface area contributed by atoms with Gasteiger partial charge in [0, 0.05) is 18.4 Å². The van der Waals surface area contributed by atoms with Crippen molar-refractivity contribution in [2.45, 2.75) is 25.4 Å². The maximum Gasteiger partial charge on any atom is 0.119 e. The van der Waals surface area contributed by atoms with E-state index in [1.54, 1.807) is 0 Å². The van der Waals surface area contributed by atoms with E-state index in [1.807, 2.05) is 18.2 Å². The quantitative estimate of drug-likeness (QED) is 0.767. The van der Waals surface area contributed by atoms with Crippen LogP contribution in [0.25, 0.3) is 0 Å². The number of ether oxygens (including phenoxy) is 1. The summed E-state index contributed by atoms with van der Waals surface area (Å²) in [7, 11) is 0. The minimum Gasteiger partial charge on any atom is -0.493 e. The summed E-state index contributed by atoms with van der Waals surface area (Å²) in [6.45, 7) is 3.50. The minimum absolute atomic E-state index is 0.229. The first-order valence-electron chi connectivity index (χ1n) is 8.25. The Balaban J connectivity index is 1.61. The van der Waals surface area contributed by atoms with Gasteiger partial charge in [-0.05, 0) is 36.7 Å². The average Bonchev–Trinajstić information content (AvgIpc) is 2.97. The standard InChI is InChI=1S/C19H25N3O/c1-14-18(13-20)19(22-21-14)16-8-5-9-17(12-16)23-11-10-15-6-3-2-4-7-15/h2-9,12,14,18-19,21-22H,10-11,13,20H2,1H3. The van der Waals surface area contributed by atoms with Crippen LogP contribution in [0.5, 0.6) is 5.75 Å². The molecule has 4 N–H and O–H groups in total. The van der Waals surface area contributed by atoms with Crippen molar-refractivity contribution in [2.75, 3.05) is 13.2 Å². The molecule has 1 fully saturated rings. The topological polar surface area (TPSA) is 59.3 Å². The molecule has 1 heterocycles. The van der Waals surface area contributed by atoms with Gasteiger partial charge in [-0.2, -0.15) is 0 Å². The molecule has 1 saturated heterocycles. The van der Waals surface area contributed by atoms with E-state index in [9.17, 15) is 0 Å². The number of hydrogen-bond donors (Lipinski definition) is 3. The maximum absolute atomic E-state index is 5.93. The van der Waals surface area contributed by atoms with Crippen LogP contribution in [0.3, 0.4) is 0 Å². The van der Waals surface area contributed by atoms with Crippen molar-refractivity contribution in [1.29, 1.82) is 0 Å². The smallest absolute Gasteiger partial charge is 0.119 e. The molecule has 0 radical (unpaired) electrons. The van der Waals surface area contributed by atoms with E-state index in [2.05, 4.69) is 54.2 Å². The van der Waals surface area contributed by atoms with E-state index in [-0.39, 0.29) is 6.04 Å². The number of hydrazine groups is 1. The fourth-order valence-electron chi connectivity index (χ4n) is 3.12. The summed E-state index contributed by atoms with van der Waals surface area (Å²) in [6, 6.07) is 19.3. The van der Waals surface area contributed by atoms with Crippen LogP contribution in [0.15, 0.2) is 54.6 Å². The second-order valence-corrected chi connectivity index (χ2v) is 6.11. The predicted octanol–water partition coefficient (Wildman–Crippen LogP) is 2.42. The Hall–Kier alpha value is -1.88. The van der Waals surface area contributed by atoms with Gasteiger partial charge in [0.2, 0.25) is 0 Å². The molecule has 4 heteroatoms. The van der Waals surface area contributed by atoms with Crippen LogP contribution < -0.4 is 21.3 Å². The summed E-state index contributed by atoms with van der Waals surface area (Å²) in [4.78, 5) is 0. The molecule has 2 aromatic rings. The first-order chi connectivity index (χ1) is 11.3. The second-order valence-electron chi connectivity index (χ2n) is 6.11. The molecule has 23 heavy (non-hydrogen) atoms. The van der Waals surface area contributed by atoms with Gasteiger partial charge >= 0.3 is 0 Å². The summed E-state index contributed by atoms with van der Waals surface area (Å²) in [5.41, 5.74) is 15.1. The van der Waals surface area contributed by atoms with Crippen LogP contribution in [0.1, 0.15) is 24.1 Å². The minimum atomic E-state index is 0.229. The fourth-order valence-corrected chi connectivity index (χ4v) is 3.12. The van der Waals surface area contributed by atoms with Gasteiger partial charge in [0.15, 0.2) is 0 Å². The van der Waals surface area contributed by atoms with Gasteiger partial charge in [0.05, 0.1) is 12.6 Å². The van der Waals surface area contributed by atoms with Crippen LogP contribution in [-0.2, 0) is 6.42 Å². The number of rotatable bonds is 6. The second kappa shape index (κ2) is 7.59. The molecule has 1 aliphatic heterocycles. The molecule has 2 aromatic carbocycles. The zero-order chi connectivity index (χ0) is 16.1. The highest BCUT2D eigenvalue weighted by atomic mass is 16.5. The summed E-state index contributed by atoms with van der Waals surface area (Å²) < 4.78 is 5.93. The van der Waals surface area contributed by atoms with Crippen molar-refractivity contribution < 1.29 is 4.74 Å². The molecule has 122 valence electrons. The third-order valence-corrected chi connectivity index (χ3v) is 4.53. The lowest BCUT2D eigenvalue weighted by Gasteiger charge is -2.20. The van der Waals surface area contributed by atoms with Crippen molar-refractivity contribution in [3.63, 3.8) is 0 Å². The number of nitrogens with two attached hydrogens (primary N) is 1. The van der Waals surface area contributed by atoms with Crippen molar-refractivity contribution in [1.82, 2.24) is 10.9 Å². The Labute approximate surface area is 138 Å². The van der Waals surface area contributed by atoms with Crippen LogP contribution >= 0.6 is 0 Å². The molecule has 0 spiro atoms. The molecule has 0 aromatic heterocycles. The highest BCUT2D eigenvalue weighted by molar-refractivity contribution is 5.32. The molecule has 0 amide bonds. The summed E-state index contributed by atoms with van der Waals surface area (Å²) in [5.74, 6) is 1.30. The van der Waals surface area contributed by atoms with Crippen molar-refractivity contribution in [2.24, 2.45) is 11.7 Å². The highest BCUT2D eigenvalue weighted by Gasteiger charge is 2.32. The van der Waals surface area contributed by atoms with E-state index < -0.39 is 0 Å². The molecule has 1 aliphatic rings. The lowest BCUT2D eigenvalue weighted by Crippen LogP contribution is -2.30. The van der Waals surface area contributed by atoms with Gasteiger partial charge < -0.3 is 10.5 Å². The van der Waals surface area contributed by atoms with Gasteiger partial charge in [-0.1, -0.05) is 42.5 Å². The van der Waals surface area contributed by atoms with Gasteiger partial charge in [0.1, 0.15) is 5.75 Å². The SMILES string of the molecule is CC1NNC(c2cccc(OCCc3ccccc3)c2)C1CN. The Morgan fingerprint density at radius 1 is 1.04 bits per heavy atom. The van der Waals surface area contributed by atoms with Crippen LogP contribution in [0.2, 0.25) is 0 Å². The zero-order valence-corrected chi connectivity index (χ0v) is 13.5. The molecule has 0 aliphatic carbocycles.